The number of carboxylic acid groups (broad SMARTS) is 1. The molecule has 1 rings (SSSR count). The van der Waals surface area contributed by atoms with Gasteiger partial charge >= 0.3 is 6.09 Å². The topological polar surface area (TPSA) is 69.6 Å². The van der Waals surface area contributed by atoms with Gasteiger partial charge in [-0.3, -0.25) is 5.32 Å². The van der Waals surface area contributed by atoms with Crippen LogP contribution in [0.5, 0.6) is 0 Å². The van der Waals surface area contributed by atoms with Crippen molar-refractivity contribution in [2.45, 2.75) is 6.92 Å². The number of anilines is 1. The summed E-state index contributed by atoms with van der Waals surface area (Å²) < 4.78 is 0. The Labute approximate surface area is 87.6 Å². The summed E-state index contributed by atoms with van der Waals surface area (Å²) >= 11 is 0. The summed E-state index contributed by atoms with van der Waals surface area (Å²) in [5, 5.41) is 19.3. The molecule has 4 nitrogen and oxygen atoms in total. The van der Waals surface area contributed by atoms with Gasteiger partial charge in [0.25, 0.3) is 0 Å². The van der Waals surface area contributed by atoms with E-state index in [-0.39, 0.29) is 6.61 Å². The van der Waals surface area contributed by atoms with Crippen molar-refractivity contribution in [3.05, 3.63) is 29.3 Å². The minimum atomic E-state index is -1.09. The first kappa shape index (κ1) is 11.1. The highest BCUT2D eigenvalue weighted by atomic mass is 16.4. The molecule has 0 aromatic heterocycles. The lowest BCUT2D eigenvalue weighted by atomic mass is 10.1. The molecule has 0 fully saturated rings. The summed E-state index contributed by atoms with van der Waals surface area (Å²) in [6.07, 6.45) is -1.09. The fourth-order valence-electron chi connectivity index (χ4n) is 1.14. The largest absolute Gasteiger partial charge is 0.465 e. The molecule has 0 bridgehead atoms. The number of nitrogens with one attached hydrogen (secondary N) is 1. The monoisotopic (exact) mass is 205 g/mol. The number of amides is 1. The van der Waals surface area contributed by atoms with E-state index >= 15 is 0 Å². The Hall–Kier alpha value is -1.99. The number of aliphatic hydroxyl groups is 1. The van der Waals surface area contributed by atoms with E-state index in [1.165, 1.54) is 0 Å². The average Bonchev–Trinajstić information content (AvgIpc) is 2.18. The van der Waals surface area contributed by atoms with E-state index < -0.39 is 6.09 Å². The molecule has 1 aromatic carbocycles. The molecule has 0 aliphatic heterocycles. The zero-order valence-corrected chi connectivity index (χ0v) is 8.24. The summed E-state index contributed by atoms with van der Waals surface area (Å²) in [6.45, 7) is 1.60. The first-order valence-electron chi connectivity index (χ1n) is 4.34. The predicted molar refractivity (Wildman–Crippen MR) is 56.8 cm³/mol. The van der Waals surface area contributed by atoms with Crippen LogP contribution in [-0.2, 0) is 0 Å². The van der Waals surface area contributed by atoms with Crippen molar-refractivity contribution in [2.24, 2.45) is 0 Å². The molecule has 3 N–H and O–H groups in total. The zero-order chi connectivity index (χ0) is 11.3. The van der Waals surface area contributed by atoms with Gasteiger partial charge < -0.3 is 10.2 Å². The lowest BCUT2D eigenvalue weighted by Crippen LogP contribution is -2.08. The van der Waals surface area contributed by atoms with Gasteiger partial charge in [-0.25, -0.2) is 4.79 Å². The minimum Gasteiger partial charge on any atom is -0.465 e. The molecule has 0 unspecified atom stereocenters. The van der Waals surface area contributed by atoms with Crippen LogP contribution in [0.4, 0.5) is 10.5 Å². The van der Waals surface area contributed by atoms with Crippen molar-refractivity contribution in [2.75, 3.05) is 11.9 Å². The van der Waals surface area contributed by atoms with Crippen LogP contribution < -0.4 is 5.32 Å². The van der Waals surface area contributed by atoms with E-state index in [2.05, 4.69) is 17.2 Å². The summed E-state index contributed by atoms with van der Waals surface area (Å²) in [5.41, 5.74) is 2.08. The van der Waals surface area contributed by atoms with E-state index in [1.54, 1.807) is 25.1 Å². The highest BCUT2D eigenvalue weighted by molar-refractivity contribution is 5.84. The van der Waals surface area contributed by atoms with Gasteiger partial charge in [-0.15, -0.1) is 0 Å². The maximum absolute atomic E-state index is 10.4. The Bertz CT molecular complexity index is 429. The molecular formula is C11H11NO3. The molecular weight excluding hydrogens is 194 g/mol. The lowest BCUT2D eigenvalue weighted by Gasteiger charge is -2.04. The molecule has 1 amide bonds. The molecule has 0 atom stereocenters. The van der Waals surface area contributed by atoms with Gasteiger partial charge in [0.15, 0.2) is 0 Å². The Morgan fingerprint density at radius 2 is 2.27 bits per heavy atom. The standard InChI is InChI=1S/C11H11NO3/c1-8-7-9(3-2-6-13)4-5-10(8)12-11(14)15/h4-5,7,12-13H,6H2,1H3,(H,14,15). The highest BCUT2D eigenvalue weighted by Crippen LogP contribution is 2.15. The van der Waals surface area contributed by atoms with Crippen LogP contribution in [0.3, 0.4) is 0 Å². The van der Waals surface area contributed by atoms with E-state index in [9.17, 15) is 4.79 Å². The summed E-state index contributed by atoms with van der Waals surface area (Å²) in [6, 6.07) is 5.10. The number of hydrogen-bond donors (Lipinski definition) is 3. The van der Waals surface area contributed by atoms with E-state index in [0.29, 0.717) is 5.69 Å². The quantitative estimate of drug-likeness (QED) is 0.607. The second-order valence-corrected chi connectivity index (χ2v) is 2.92. The van der Waals surface area contributed by atoms with Crippen molar-refractivity contribution in [1.82, 2.24) is 0 Å². The second-order valence-electron chi connectivity index (χ2n) is 2.92. The van der Waals surface area contributed by atoms with Crippen molar-refractivity contribution in [3.63, 3.8) is 0 Å². The highest BCUT2D eigenvalue weighted by Gasteiger charge is 2.01. The molecule has 1 aromatic rings. The van der Waals surface area contributed by atoms with E-state index in [0.717, 1.165) is 11.1 Å². The van der Waals surface area contributed by atoms with Crippen LogP contribution in [0.25, 0.3) is 0 Å². The third-order valence-corrected chi connectivity index (χ3v) is 1.78. The average molecular weight is 205 g/mol. The summed E-state index contributed by atoms with van der Waals surface area (Å²) in [4.78, 5) is 10.4. The maximum atomic E-state index is 10.4. The second kappa shape index (κ2) is 5.03. The summed E-state index contributed by atoms with van der Waals surface area (Å²) in [5.74, 6) is 5.26. The van der Waals surface area contributed by atoms with Crippen LogP contribution >= 0.6 is 0 Å². The van der Waals surface area contributed by atoms with Crippen LogP contribution in [0, 0.1) is 18.8 Å². The van der Waals surface area contributed by atoms with E-state index in [1.807, 2.05) is 0 Å². The van der Waals surface area contributed by atoms with Crippen LogP contribution in [0.2, 0.25) is 0 Å². The first-order valence-corrected chi connectivity index (χ1v) is 4.34. The van der Waals surface area contributed by atoms with Crippen molar-refractivity contribution in [3.8, 4) is 11.8 Å². The molecule has 0 spiro atoms. The van der Waals surface area contributed by atoms with Gasteiger partial charge in [0.2, 0.25) is 0 Å². The Kier molecular flexibility index (Phi) is 3.72. The number of rotatable bonds is 1. The number of benzene rings is 1. The fraction of sp³-hybridized carbons (Fsp3) is 0.182. The molecule has 0 aliphatic carbocycles. The van der Waals surface area contributed by atoms with Gasteiger partial charge in [0.1, 0.15) is 6.61 Å². The SMILES string of the molecule is Cc1cc(C#CCO)ccc1NC(=O)O. The number of aliphatic hydroxyl groups excluding tert-OH is 1. The molecule has 4 heteroatoms. The van der Waals surface area contributed by atoms with Gasteiger partial charge in [0, 0.05) is 11.3 Å². The predicted octanol–water partition coefficient (Wildman–Crippen LogP) is 1.43. The molecule has 0 saturated carbocycles. The molecule has 0 aliphatic rings. The maximum Gasteiger partial charge on any atom is 0.409 e. The van der Waals surface area contributed by atoms with Crippen LogP contribution in [0.1, 0.15) is 11.1 Å². The van der Waals surface area contributed by atoms with Crippen molar-refractivity contribution in [1.29, 1.82) is 0 Å². The van der Waals surface area contributed by atoms with Crippen LogP contribution in [0.15, 0.2) is 18.2 Å². The number of hydrogen-bond acceptors (Lipinski definition) is 2. The van der Waals surface area contributed by atoms with Crippen molar-refractivity contribution >= 4 is 11.8 Å². The Balaban J connectivity index is 2.92. The zero-order valence-electron chi connectivity index (χ0n) is 8.24. The van der Waals surface area contributed by atoms with Crippen LogP contribution in [-0.4, -0.2) is 22.9 Å². The normalized spacial score (nSPS) is 8.93. The lowest BCUT2D eigenvalue weighted by molar-refractivity contribution is 0.209. The van der Waals surface area contributed by atoms with Gasteiger partial charge in [-0.05, 0) is 30.7 Å². The Morgan fingerprint density at radius 1 is 1.53 bits per heavy atom. The third kappa shape index (κ3) is 3.33. The van der Waals surface area contributed by atoms with Gasteiger partial charge in [-0.1, -0.05) is 11.8 Å². The molecule has 78 valence electrons. The van der Waals surface area contributed by atoms with Crippen molar-refractivity contribution < 1.29 is 15.0 Å². The Morgan fingerprint density at radius 3 is 2.80 bits per heavy atom. The minimum absolute atomic E-state index is 0.186. The third-order valence-electron chi connectivity index (χ3n) is 1.78. The summed E-state index contributed by atoms with van der Waals surface area (Å²) in [7, 11) is 0. The fourth-order valence-corrected chi connectivity index (χ4v) is 1.14. The van der Waals surface area contributed by atoms with Gasteiger partial charge in [-0.2, -0.15) is 0 Å². The molecule has 0 radical (unpaired) electrons. The molecule has 15 heavy (non-hydrogen) atoms. The smallest absolute Gasteiger partial charge is 0.409 e. The molecule has 0 saturated heterocycles. The molecule has 0 heterocycles. The van der Waals surface area contributed by atoms with Gasteiger partial charge in [0.05, 0.1) is 0 Å². The van der Waals surface area contributed by atoms with E-state index in [4.69, 9.17) is 10.2 Å². The number of aryl methyl sites for hydroxylation is 1. The number of carbonyl (C=O) groups is 1. The first-order chi connectivity index (χ1) is 7.13.